The lowest BCUT2D eigenvalue weighted by molar-refractivity contribution is 0.0336. The van der Waals surface area contributed by atoms with Crippen LogP contribution >= 0.6 is 11.6 Å². The minimum atomic E-state index is -0.543. The number of hydrogen-bond acceptors (Lipinski definition) is 5. The number of aromatic hydroxyl groups is 1. The predicted molar refractivity (Wildman–Crippen MR) is 98.5 cm³/mol. The number of phenolic OH excluding ortho intramolecular Hbond substituents is 1. The van der Waals surface area contributed by atoms with Crippen LogP contribution in [0.3, 0.4) is 0 Å². The number of hydrogen-bond donors (Lipinski definition) is 1. The molecule has 1 N–H and O–H groups in total. The number of ketones is 1. The molecular weight excluding hydrogens is 373 g/mol. The number of halogens is 2. The third kappa shape index (κ3) is 3.43. The second-order valence-corrected chi connectivity index (χ2v) is 6.81. The van der Waals surface area contributed by atoms with E-state index in [4.69, 9.17) is 21.1 Å². The molecule has 2 aliphatic rings. The lowest BCUT2D eigenvalue weighted by Gasteiger charge is -2.27. The van der Waals surface area contributed by atoms with Crippen LogP contribution in [0, 0.1) is 5.82 Å². The highest BCUT2D eigenvalue weighted by atomic mass is 35.5. The molecule has 2 aromatic carbocycles. The van der Waals surface area contributed by atoms with Gasteiger partial charge in [-0.25, -0.2) is 4.39 Å². The third-order valence-electron chi connectivity index (χ3n) is 4.68. The van der Waals surface area contributed by atoms with Crippen molar-refractivity contribution in [1.82, 2.24) is 4.90 Å². The second-order valence-electron chi connectivity index (χ2n) is 6.40. The Kier molecular flexibility index (Phi) is 4.86. The summed E-state index contributed by atoms with van der Waals surface area (Å²) < 4.78 is 25.1. The van der Waals surface area contributed by atoms with Gasteiger partial charge >= 0.3 is 0 Å². The van der Waals surface area contributed by atoms with Crippen LogP contribution in [0.4, 0.5) is 4.39 Å². The molecule has 0 bridgehead atoms. The van der Waals surface area contributed by atoms with Gasteiger partial charge in [0.2, 0.25) is 5.78 Å². The Labute approximate surface area is 160 Å². The molecule has 0 aliphatic carbocycles. The van der Waals surface area contributed by atoms with E-state index in [2.05, 4.69) is 4.90 Å². The summed E-state index contributed by atoms with van der Waals surface area (Å²) in [4.78, 5) is 14.8. The number of rotatable bonds is 3. The molecule has 1 saturated heterocycles. The highest BCUT2D eigenvalue weighted by Crippen LogP contribution is 2.40. The van der Waals surface area contributed by atoms with Crippen LogP contribution in [-0.2, 0) is 11.3 Å². The number of nitrogens with zero attached hydrogens (tertiary/aromatic N) is 1. The lowest BCUT2D eigenvalue weighted by Crippen LogP contribution is -2.35. The molecule has 0 atom stereocenters. The zero-order valence-electron chi connectivity index (χ0n) is 14.4. The number of morpholine rings is 1. The Morgan fingerprint density at radius 1 is 1.22 bits per heavy atom. The molecule has 27 heavy (non-hydrogen) atoms. The van der Waals surface area contributed by atoms with Gasteiger partial charge in [-0.15, -0.1) is 0 Å². The van der Waals surface area contributed by atoms with Crippen molar-refractivity contribution < 1.29 is 23.8 Å². The van der Waals surface area contributed by atoms with E-state index in [1.807, 2.05) is 0 Å². The fraction of sp³-hybridized carbons (Fsp3) is 0.250. The number of fused-ring (bicyclic) bond motifs is 1. The summed E-state index contributed by atoms with van der Waals surface area (Å²) in [6.45, 7) is 3.12. The largest absolute Gasteiger partial charge is 0.507 e. The molecule has 1 fully saturated rings. The Balaban J connectivity index is 1.69. The summed E-state index contributed by atoms with van der Waals surface area (Å²) in [6.07, 6.45) is 1.30. The molecule has 5 nitrogen and oxygen atoms in total. The fourth-order valence-electron chi connectivity index (χ4n) is 3.21. The molecule has 0 spiro atoms. The van der Waals surface area contributed by atoms with Crippen LogP contribution in [0.5, 0.6) is 11.5 Å². The van der Waals surface area contributed by atoms with Crippen LogP contribution in [0.2, 0.25) is 5.02 Å². The van der Waals surface area contributed by atoms with Crippen molar-refractivity contribution in [3.8, 4) is 11.5 Å². The average molecular weight is 390 g/mol. The first-order valence-corrected chi connectivity index (χ1v) is 8.95. The van der Waals surface area contributed by atoms with Crippen LogP contribution in [-0.4, -0.2) is 42.1 Å². The molecule has 0 saturated carbocycles. The van der Waals surface area contributed by atoms with Gasteiger partial charge in [0.15, 0.2) is 5.76 Å². The smallest absolute Gasteiger partial charge is 0.231 e. The van der Waals surface area contributed by atoms with Crippen molar-refractivity contribution in [2.75, 3.05) is 26.3 Å². The van der Waals surface area contributed by atoms with E-state index in [0.717, 1.165) is 13.1 Å². The summed E-state index contributed by atoms with van der Waals surface area (Å²) in [5.41, 5.74) is 0.967. The van der Waals surface area contributed by atoms with Crippen LogP contribution in [0.1, 0.15) is 21.5 Å². The molecule has 2 aromatic rings. The van der Waals surface area contributed by atoms with Crippen molar-refractivity contribution in [2.24, 2.45) is 0 Å². The fourth-order valence-corrected chi connectivity index (χ4v) is 3.43. The maximum atomic E-state index is 14.1. The number of carbonyl (C=O) groups is 1. The van der Waals surface area contributed by atoms with Crippen molar-refractivity contribution in [3.63, 3.8) is 0 Å². The summed E-state index contributed by atoms with van der Waals surface area (Å²) in [5.74, 6) is -0.569. The minimum absolute atomic E-state index is 0.0224. The van der Waals surface area contributed by atoms with E-state index in [9.17, 15) is 14.3 Å². The lowest BCUT2D eigenvalue weighted by atomic mass is 10.0. The van der Waals surface area contributed by atoms with Crippen molar-refractivity contribution in [2.45, 2.75) is 6.54 Å². The van der Waals surface area contributed by atoms with E-state index in [-0.39, 0.29) is 27.9 Å². The molecular formula is C20H17ClFNO4. The highest BCUT2D eigenvalue weighted by Gasteiger charge is 2.32. The molecule has 0 unspecified atom stereocenters. The van der Waals surface area contributed by atoms with Gasteiger partial charge in [-0.1, -0.05) is 17.7 Å². The summed E-state index contributed by atoms with van der Waals surface area (Å²) in [7, 11) is 0. The van der Waals surface area contributed by atoms with E-state index in [0.29, 0.717) is 36.6 Å². The van der Waals surface area contributed by atoms with Gasteiger partial charge in [0.1, 0.15) is 17.3 Å². The number of Topliss-reactive ketones (excluding diaryl/α,β-unsaturated/α-hetero) is 1. The van der Waals surface area contributed by atoms with Gasteiger partial charge in [-0.3, -0.25) is 9.69 Å². The van der Waals surface area contributed by atoms with Gasteiger partial charge in [-0.05, 0) is 30.3 Å². The number of phenols is 1. The van der Waals surface area contributed by atoms with Crippen molar-refractivity contribution >= 4 is 23.5 Å². The summed E-state index contributed by atoms with van der Waals surface area (Å²) in [5, 5.41) is 10.5. The van der Waals surface area contributed by atoms with Gasteiger partial charge in [0.05, 0.1) is 29.4 Å². The number of carbonyl (C=O) groups excluding carboxylic acids is 1. The number of benzene rings is 2. The Morgan fingerprint density at radius 3 is 2.74 bits per heavy atom. The van der Waals surface area contributed by atoms with Crippen LogP contribution in [0.25, 0.3) is 6.08 Å². The molecule has 0 radical (unpaired) electrons. The maximum Gasteiger partial charge on any atom is 0.231 e. The number of ether oxygens (including phenoxy) is 2. The first kappa shape index (κ1) is 18.0. The molecule has 0 amide bonds. The van der Waals surface area contributed by atoms with Gasteiger partial charge in [0, 0.05) is 25.2 Å². The van der Waals surface area contributed by atoms with Gasteiger partial charge in [-0.2, -0.15) is 0 Å². The zero-order valence-corrected chi connectivity index (χ0v) is 15.1. The first-order chi connectivity index (χ1) is 13.0. The van der Waals surface area contributed by atoms with Crippen LogP contribution in [0.15, 0.2) is 36.1 Å². The Hall–Kier alpha value is -2.41. The quantitative estimate of drug-likeness (QED) is 0.812. The summed E-state index contributed by atoms with van der Waals surface area (Å²) in [6, 6.07) is 7.29. The molecule has 0 aromatic heterocycles. The van der Waals surface area contributed by atoms with E-state index in [1.54, 1.807) is 6.07 Å². The zero-order chi connectivity index (χ0) is 19.0. The molecule has 140 valence electrons. The Morgan fingerprint density at radius 2 is 2.00 bits per heavy atom. The topological polar surface area (TPSA) is 59.0 Å². The van der Waals surface area contributed by atoms with Gasteiger partial charge in [0.25, 0.3) is 0 Å². The molecule has 2 aliphatic heterocycles. The van der Waals surface area contributed by atoms with E-state index in [1.165, 1.54) is 30.3 Å². The molecule has 2 heterocycles. The maximum absolute atomic E-state index is 14.1. The second kappa shape index (κ2) is 7.31. The van der Waals surface area contributed by atoms with Crippen molar-refractivity contribution in [1.29, 1.82) is 0 Å². The number of allylic oxidation sites excluding steroid dienone is 1. The predicted octanol–water partition coefficient (Wildman–Crippen LogP) is 3.63. The minimum Gasteiger partial charge on any atom is -0.507 e. The Bertz CT molecular complexity index is 918. The monoisotopic (exact) mass is 389 g/mol. The third-order valence-corrected chi connectivity index (χ3v) is 5.01. The normalized spacial score (nSPS) is 18.6. The average Bonchev–Trinajstić information content (AvgIpc) is 2.98. The van der Waals surface area contributed by atoms with Crippen molar-refractivity contribution in [3.05, 3.63) is 63.6 Å². The standard InChI is InChI=1S/C20H17ClFNO4/c21-15-2-1-3-16(22)13(15)10-18-19(25)12-4-5-17(24)14(20(12)27-18)11-23-6-8-26-9-7-23/h1-5,10,24H,6-9,11H2/b18-10+. The highest BCUT2D eigenvalue weighted by molar-refractivity contribution is 6.32. The molecule has 7 heteroatoms. The summed E-state index contributed by atoms with van der Waals surface area (Å²) >= 11 is 6.04. The molecule has 4 rings (SSSR count). The SMILES string of the molecule is O=C1/C(=C\c2c(F)cccc2Cl)Oc2c1ccc(O)c2CN1CCOCC1. The van der Waals surface area contributed by atoms with Gasteiger partial charge < -0.3 is 14.6 Å². The van der Waals surface area contributed by atoms with E-state index >= 15 is 0 Å². The van der Waals surface area contributed by atoms with Crippen LogP contribution < -0.4 is 4.74 Å². The first-order valence-electron chi connectivity index (χ1n) is 8.58. The van der Waals surface area contributed by atoms with E-state index < -0.39 is 5.82 Å².